The predicted octanol–water partition coefficient (Wildman–Crippen LogP) is 3.67. The Morgan fingerprint density at radius 2 is 1.89 bits per heavy atom. The van der Waals surface area contributed by atoms with Gasteiger partial charge in [0.25, 0.3) is 5.56 Å². The molecule has 4 heterocycles. The van der Waals surface area contributed by atoms with E-state index >= 15 is 0 Å². The van der Waals surface area contributed by atoms with Crippen LogP contribution in [0.25, 0.3) is 11.1 Å². The maximum Gasteiger partial charge on any atom is 0.258 e. The number of aromatic nitrogens is 2. The third-order valence-electron chi connectivity index (χ3n) is 5.97. The van der Waals surface area contributed by atoms with Crippen molar-refractivity contribution in [1.82, 2.24) is 14.5 Å². The first-order valence-electron chi connectivity index (χ1n) is 9.78. The second kappa shape index (κ2) is 6.99. The molecule has 2 aliphatic heterocycles. The molecule has 28 heavy (non-hydrogen) atoms. The first-order chi connectivity index (χ1) is 13.7. The Bertz CT molecular complexity index is 1050. The van der Waals surface area contributed by atoms with Gasteiger partial charge in [0.1, 0.15) is 5.82 Å². The van der Waals surface area contributed by atoms with Crippen LogP contribution in [-0.4, -0.2) is 27.5 Å². The van der Waals surface area contributed by atoms with Crippen molar-refractivity contribution in [3.63, 3.8) is 0 Å². The summed E-state index contributed by atoms with van der Waals surface area (Å²) in [6.07, 6.45) is 4.60. The van der Waals surface area contributed by atoms with Gasteiger partial charge in [0.15, 0.2) is 0 Å². The number of hydrogen-bond donors (Lipinski definition) is 0. The molecule has 5 heteroatoms. The molecule has 1 aromatic carbocycles. The first kappa shape index (κ1) is 17.3. The lowest BCUT2D eigenvalue weighted by Crippen LogP contribution is -2.46. The molecule has 1 fully saturated rings. The van der Waals surface area contributed by atoms with Crippen LogP contribution in [0.3, 0.4) is 0 Å². The lowest BCUT2D eigenvalue weighted by atomic mass is 9.82. The van der Waals surface area contributed by atoms with E-state index in [0.29, 0.717) is 11.8 Å². The molecule has 0 spiro atoms. The Balaban J connectivity index is 1.42. The van der Waals surface area contributed by atoms with E-state index in [4.69, 9.17) is 0 Å². The molecular weight excluding hydrogens is 353 g/mol. The van der Waals surface area contributed by atoms with E-state index in [1.807, 2.05) is 34.9 Å². The van der Waals surface area contributed by atoms with Gasteiger partial charge in [-0.05, 0) is 48.2 Å². The highest BCUT2D eigenvalue weighted by atomic mass is 19.1. The van der Waals surface area contributed by atoms with Gasteiger partial charge >= 0.3 is 0 Å². The number of rotatable bonds is 3. The van der Waals surface area contributed by atoms with Crippen LogP contribution >= 0.6 is 0 Å². The predicted molar refractivity (Wildman–Crippen MR) is 106 cm³/mol. The molecule has 2 bridgehead atoms. The molecule has 0 aliphatic carbocycles. The molecule has 0 saturated carbocycles. The fourth-order valence-corrected chi connectivity index (χ4v) is 4.76. The van der Waals surface area contributed by atoms with Crippen LogP contribution in [0.2, 0.25) is 0 Å². The van der Waals surface area contributed by atoms with Gasteiger partial charge in [0, 0.05) is 61.3 Å². The molecule has 142 valence electrons. The second-order valence-electron chi connectivity index (χ2n) is 7.95. The van der Waals surface area contributed by atoms with E-state index in [-0.39, 0.29) is 11.4 Å². The van der Waals surface area contributed by atoms with E-state index in [2.05, 4.69) is 16.0 Å². The molecule has 0 N–H and O–H groups in total. The lowest BCUT2D eigenvalue weighted by molar-refractivity contribution is 0.114. The number of halogens is 1. The van der Waals surface area contributed by atoms with Crippen molar-refractivity contribution in [2.24, 2.45) is 5.92 Å². The molecule has 1 saturated heterocycles. The molecular formula is C23H22FN3O. The molecule has 0 radical (unpaired) electrons. The number of fused-ring (bicyclic) bond motifs is 4. The zero-order valence-electron chi connectivity index (χ0n) is 15.6. The third-order valence-corrected chi connectivity index (χ3v) is 5.97. The van der Waals surface area contributed by atoms with E-state index in [9.17, 15) is 9.18 Å². The monoisotopic (exact) mass is 375 g/mol. The fraction of sp³-hybridized carbons (Fsp3) is 0.304. The van der Waals surface area contributed by atoms with Crippen molar-refractivity contribution in [3.05, 3.63) is 88.4 Å². The number of piperidine rings is 1. The van der Waals surface area contributed by atoms with Crippen molar-refractivity contribution in [3.8, 4) is 11.1 Å². The molecule has 2 atom stereocenters. The van der Waals surface area contributed by atoms with Crippen LogP contribution in [0.4, 0.5) is 4.39 Å². The molecule has 5 rings (SSSR count). The maximum atomic E-state index is 13.2. The molecule has 2 unspecified atom stereocenters. The zero-order valence-corrected chi connectivity index (χ0v) is 15.6. The Labute approximate surface area is 163 Å². The molecule has 3 aromatic rings. The number of likely N-dealkylation sites (tertiary alicyclic amines) is 1. The number of nitrogens with zero attached hydrogens (tertiary/aromatic N) is 3. The van der Waals surface area contributed by atoms with Gasteiger partial charge < -0.3 is 4.57 Å². The molecule has 4 nitrogen and oxygen atoms in total. The minimum atomic E-state index is -0.197. The molecule has 0 amide bonds. The number of hydrogen-bond acceptors (Lipinski definition) is 3. The van der Waals surface area contributed by atoms with Crippen molar-refractivity contribution in [1.29, 1.82) is 0 Å². The van der Waals surface area contributed by atoms with Gasteiger partial charge in [-0.25, -0.2) is 4.39 Å². The van der Waals surface area contributed by atoms with Crippen molar-refractivity contribution in [2.75, 3.05) is 13.1 Å². The summed E-state index contributed by atoms with van der Waals surface area (Å²) in [4.78, 5) is 19.7. The van der Waals surface area contributed by atoms with Gasteiger partial charge in [-0.3, -0.25) is 14.7 Å². The summed E-state index contributed by atoms with van der Waals surface area (Å²) >= 11 is 0. The lowest BCUT2D eigenvalue weighted by Gasteiger charge is -2.43. The summed E-state index contributed by atoms with van der Waals surface area (Å²) in [6.45, 7) is 3.49. The Kier molecular flexibility index (Phi) is 4.32. The standard InChI is InChI=1S/C23H22FN3O/c24-20-5-3-16(4-6-20)12-26-13-17-10-19(15-26)22-8-7-21(23(28)27(22)14-17)18-2-1-9-25-11-18/h1-9,11,17,19H,10,12-15H2. The first-order valence-corrected chi connectivity index (χ1v) is 9.78. The summed E-state index contributed by atoms with van der Waals surface area (Å²) in [6, 6.07) is 14.6. The van der Waals surface area contributed by atoms with Crippen LogP contribution in [0.1, 0.15) is 23.6 Å². The topological polar surface area (TPSA) is 38.1 Å². The number of benzene rings is 1. The minimum absolute atomic E-state index is 0.0900. The Morgan fingerprint density at radius 3 is 2.68 bits per heavy atom. The summed E-state index contributed by atoms with van der Waals surface area (Å²) in [5.74, 6) is 0.633. The Hall–Kier alpha value is -2.79. The van der Waals surface area contributed by atoms with E-state index in [0.717, 1.165) is 55.0 Å². The van der Waals surface area contributed by atoms with E-state index in [1.54, 1.807) is 12.4 Å². The van der Waals surface area contributed by atoms with Crippen molar-refractivity contribution < 1.29 is 4.39 Å². The van der Waals surface area contributed by atoms with Crippen LogP contribution in [-0.2, 0) is 13.1 Å². The molecule has 2 aliphatic rings. The smallest absolute Gasteiger partial charge is 0.258 e. The van der Waals surface area contributed by atoms with Gasteiger partial charge in [0.05, 0.1) is 0 Å². The Morgan fingerprint density at radius 1 is 1.04 bits per heavy atom. The summed E-state index contributed by atoms with van der Waals surface area (Å²) in [5.41, 5.74) is 3.95. The zero-order chi connectivity index (χ0) is 19.1. The summed E-state index contributed by atoms with van der Waals surface area (Å²) in [7, 11) is 0. The third kappa shape index (κ3) is 3.16. The highest BCUT2D eigenvalue weighted by molar-refractivity contribution is 5.61. The SMILES string of the molecule is O=c1c(-c2cccnc2)ccc2n1CC1CC2CN(Cc2ccc(F)cc2)C1. The normalized spacial score (nSPS) is 21.3. The van der Waals surface area contributed by atoms with Crippen LogP contribution < -0.4 is 5.56 Å². The minimum Gasteiger partial charge on any atom is -0.311 e. The van der Waals surface area contributed by atoms with Crippen molar-refractivity contribution >= 4 is 0 Å². The van der Waals surface area contributed by atoms with E-state index in [1.165, 1.54) is 12.1 Å². The summed E-state index contributed by atoms with van der Waals surface area (Å²) < 4.78 is 15.1. The average molecular weight is 375 g/mol. The number of pyridine rings is 2. The largest absolute Gasteiger partial charge is 0.311 e. The van der Waals surface area contributed by atoms with Gasteiger partial charge in [-0.15, -0.1) is 0 Å². The highest BCUT2D eigenvalue weighted by Crippen LogP contribution is 2.36. The quantitative estimate of drug-likeness (QED) is 0.701. The highest BCUT2D eigenvalue weighted by Gasteiger charge is 2.34. The van der Waals surface area contributed by atoms with Crippen LogP contribution in [0.5, 0.6) is 0 Å². The summed E-state index contributed by atoms with van der Waals surface area (Å²) in [5, 5.41) is 0. The van der Waals surface area contributed by atoms with Crippen molar-refractivity contribution in [2.45, 2.75) is 25.4 Å². The second-order valence-corrected chi connectivity index (χ2v) is 7.95. The molecule has 2 aromatic heterocycles. The van der Waals surface area contributed by atoms with Gasteiger partial charge in [0.2, 0.25) is 0 Å². The van der Waals surface area contributed by atoms with Gasteiger partial charge in [-0.2, -0.15) is 0 Å². The van der Waals surface area contributed by atoms with Crippen LogP contribution in [0, 0.1) is 11.7 Å². The van der Waals surface area contributed by atoms with Gasteiger partial charge in [-0.1, -0.05) is 18.2 Å². The van der Waals surface area contributed by atoms with Crippen LogP contribution in [0.15, 0.2) is 65.7 Å². The van der Waals surface area contributed by atoms with E-state index < -0.39 is 0 Å². The maximum absolute atomic E-state index is 13.2. The average Bonchev–Trinajstić information content (AvgIpc) is 2.71. The fourth-order valence-electron chi connectivity index (χ4n) is 4.76.